The summed E-state index contributed by atoms with van der Waals surface area (Å²) in [4.78, 5) is 41.3. The second kappa shape index (κ2) is 5.88. The van der Waals surface area contributed by atoms with Gasteiger partial charge in [0.2, 0.25) is 11.8 Å². The van der Waals surface area contributed by atoms with Crippen LogP contribution in [0.25, 0.3) is 0 Å². The zero-order chi connectivity index (χ0) is 15.7. The first-order valence-electron chi connectivity index (χ1n) is 7.49. The van der Waals surface area contributed by atoms with Crippen molar-refractivity contribution in [2.75, 3.05) is 31.1 Å². The van der Waals surface area contributed by atoms with E-state index in [9.17, 15) is 14.4 Å². The Morgan fingerprint density at radius 1 is 1.05 bits per heavy atom. The van der Waals surface area contributed by atoms with Crippen molar-refractivity contribution in [3.05, 3.63) is 30.3 Å². The van der Waals surface area contributed by atoms with Crippen molar-refractivity contribution in [3.8, 4) is 0 Å². The van der Waals surface area contributed by atoms with Crippen molar-refractivity contribution in [2.45, 2.75) is 19.4 Å². The van der Waals surface area contributed by atoms with Gasteiger partial charge in [0, 0.05) is 33.1 Å². The van der Waals surface area contributed by atoms with E-state index in [-0.39, 0.29) is 24.1 Å². The van der Waals surface area contributed by atoms with Crippen LogP contribution in [-0.2, 0) is 14.4 Å². The number of imide groups is 1. The molecular weight excluding hydrogens is 282 g/mol. The molecule has 3 rings (SSSR count). The number of carbonyl (C=O) groups is 3. The van der Waals surface area contributed by atoms with Crippen LogP contribution in [0.1, 0.15) is 13.3 Å². The van der Waals surface area contributed by atoms with E-state index in [2.05, 4.69) is 0 Å². The van der Waals surface area contributed by atoms with E-state index < -0.39 is 6.04 Å². The number of benzene rings is 1. The summed E-state index contributed by atoms with van der Waals surface area (Å²) in [5.74, 6) is -0.262. The number of para-hydroxylation sites is 1. The maximum atomic E-state index is 12.6. The fourth-order valence-electron chi connectivity index (χ4n) is 3.10. The van der Waals surface area contributed by atoms with E-state index in [1.807, 2.05) is 23.1 Å². The van der Waals surface area contributed by atoms with Gasteiger partial charge < -0.3 is 4.90 Å². The Hall–Kier alpha value is -2.21. The fraction of sp³-hybridized carbons (Fsp3) is 0.438. The van der Waals surface area contributed by atoms with Crippen molar-refractivity contribution in [2.24, 2.45) is 0 Å². The highest BCUT2D eigenvalue weighted by molar-refractivity contribution is 6.22. The molecule has 2 saturated heterocycles. The van der Waals surface area contributed by atoms with Crippen LogP contribution in [0, 0.1) is 0 Å². The molecule has 1 aromatic carbocycles. The first kappa shape index (κ1) is 14.7. The molecule has 2 aliphatic heterocycles. The van der Waals surface area contributed by atoms with Crippen molar-refractivity contribution >= 4 is 23.4 Å². The van der Waals surface area contributed by atoms with Crippen LogP contribution in [0.15, 0.2) is 30.3 Å². The van der Waals surface area contributed by atoms with Gasteiger partial charge in [-0.1, -0.05) is 18.2 Å². The third-order valence-electron chi connectivity index (χ3n) is 4.34. The number of piperazine rings is 1. The number of carbonyl (C=O) groups excluding carboxylic acids is 3. The predicted molar refractivity (Wildman–Crippen MR) is 81.2 cm³/mol. The van der Waals surface area contributed by atoms with Crippen LogP contribution in [0.3, 0.4) is 0 Å². The smallest absolute Gasteiger partial charge is 0.251 e. The average molecular weight is 301 g/mol. The summed E-state index contributed by atoms with van der Waals surface area (Å²) >= 11 is 0. The minimum atomic E-state index is -0.401. The van der Waals surface area contributed by atoms with Gasteiger partial charge in [-0.05, 0) is 12.1 Å². The van der Waals surface area contributed by atoms with Gasteiger partial charge in [-0.15, -0.1) is 0 Å². The lowest BCUT2D eigenvalue weighted by molar-refractivity contribution is -0.131. The maximum absolute atomic E-state index is 12.6. The van der Waals surface area contributed by atoms with Crippen molar-refractivity contribution in [1.82, 2.24) is 9.80 Å². The third kappa shape index (κ3) is 2.62. The molecule has 2 aliphatic rings. The number of anilines is 1. The molecule has 3 amide bonds. The normalized spacial score (nSPS) is 23.2. The number of hydrogen-bond acceptors (Lipinski definition) is 4. The van der Waals surface area contributed by atoms with Crippen molar-refractivity contribution in [3.63, 3.8) is 0 Å². The number of rotatable bonds is 2. The zero-order valence-electron chi connectivity index (χ0n) is 12.6. The average Bonchev–Trinajstić information content (AvgIpc) is 2.83. The summed E-state index contributed by atoms with van der Waals surface area (Å²) in [7, 11) is 0. The van der Waals surface area contributed by atoms with E-state index in [4.69, 9.17) is 0 Å². The Morgan fingerprint density at radius 3 is 2.27 bits per heavy atom. The Balaban J connectivity index is 1.71. The SMILES string of the molecule is CC(=O)N1CCN(C2CC(=O)N(c3ccccc3)C2=O)CC1. The summed E-state index contributed by atoms with van der Waals surface area (Å²) in [5.41, 5.74) is 0.627. The standard InChI is InChI=1S/C16H19N3O3/c1-12(20)17-7-9-18(10-8-17)14-11-15(21)19(16(14)22)13-5-3-2-4-6-13/h2-6,14H,7-11H2,1H3. The molecule has 2 fully saturated rings. The quantitative estimate of drug-likeness (QED) is 0.746. The fourth-order valence-corrected chi connectivity index (χ4v) is 3.10. The second-order valence-corrected chi connectivity index (χ2v) is 5.66. The first-order valence-corrected chi connectivity index (χ1v) is 7.49. The number of nitrogens with zero attached hydrogens (tertiary/aromatic N) is 3. The van der Waals surface area contributed by atoms with Crippen LogP contribution in [0.2, 0.25) is 0 Å². The molecule has 1 aromatic rings. The van der Waals surface area contributed by atoms with Gasteiger partial charge in [-0.25, -0.2) is 4.90 Å². The summed E-state index contributed by atoms with van der Waals surface area (Å²) in [6.07, 6.45) is 0.216. The molecule has 0 radical (unpaired) electrons. The minimum Gasteiger partial charge on any atom is -0.340 e. The van der Waals surface area contributed by atoms with E-state index in [0.29, 0.717) is 31.9 Å². The molecule has 1 atom stereocenters. The van der Waals surface area contributed by atoms with Gasteiger partial charge >= 0.3 is 0 Å². The molecule has 1 unspecified atom stereocenters. The predicted octanol–water partition coefficient (Wildman–Crippen LogP) is 0.483. The highest BCUT2D eigenvalue weighted by Gasteiger charge is 2.43. The summed E-state index contributed by atoms with van der Waals surface area (Å²) < 4.78 is 0. The van der Waals surface area contributed by atoms with Crippen LogP contribution in [0.5, 0.6) is 0 Å². The van der Waals surface area contributed by atoms with Crippen molar-refractivity contribution in [1.29, 1.82) is 0 Å². The molecule has 6 heteroatoms. The monoisotopic (exact) mass is 301 g/mol. The summed E-state index contributed by atoms with van der Waals surface area (Å²) in [6.45, 7) is 4.03. The Bertz CT molecular complexity index is 594. The minimum absolute atomic E-state index is 0.0550. The van der Waals surface area contributed by atoms with Gasteiger partial charge in [0.25, 0.3) is 5.91 Å². The van der Waals surface area contributed by atoms with Crippen LogP contribution in [0.4, 0.5) is 5.69 Å². The van der Waals surface area contributed by atoms with Crippen molar-refractivity contribution < 1.29 is 14.4 Å². The highest BCUT2D eigenvalue weighted by Crippen LogP contribution is 2.26. The Morgan fingerprint density at radius 2 is 1.68 bits per heavy atom. The molecule has 0 spiro atoms. The number of hydrogen-bond donors (Lipinski definition) is 0. The molecule has 0 bridgehead atoms. The lowest BCUT2D eigenvalue weighted by atomic mass is 10.1. The second-order valence-electron chi connectivity index (χ2n) is 5.66. The summed E-state index contributed by atoms with van der Waals surface area (Å²) in [5, 5.41) is 0. The Labute approximate surface area is 129 Å². The molecule has 2 heterocycles. The summed E-state index contributed by atoms with van der Waals surface area (Å²) in [6, 6.07) is 8.62. The first-order chi connectivity index (χ1) is 10.6. The molecule has 0 saturated carbocycles. The molecule has 22 heavy (non-hydrogen) atoms. The van der Waals surface area contributed by atoms with E-state index >= 15 is 0 Å². The van der Waals surface area contributed by atoms with Crippen LogP contribution < -0.4 is 4.90 Å². The molecule has 116 valence electrons. The van der Waals surface area contributed by atoms with Crippen LogP contribution in [-0.4, -0.2) is 59.7 Å². The largest absolute Gasteiger partial charge is 0.340 e. The van der Waals surface area contributed by atoms with Crippen LogP contribution >= 0.6 is 0 Å². The zero-order valence-corrected chi connectivity index (χ0v) is 12.6. The molecule has 0 N–H and O–H groups in total. The van der Waals surface area contributed by atoms with Gasteiger partial charge in [-0.3, -0.25) is 19.3 Å². The van der Waals surface area contributed by atoms with Gasteiger partial charge in [0.05, 0.1) is 18.2 Å². The lowest BCUT2D eigenvalue weighted by Gasteiger charge is -2.36. The highest BCUT2D eigenvalue weighted by atomic mass is 16.2. The topological polar surface area (TPSA) is 60.9 Å². The van der Waals surface area contributed by atoms with Gasteiger partial charge in [0.1, 0.15) is 0 Å². The van der Waals surface area contributed by atoms with E-state index in [1.165, 1.54) is 4.90 Å². The number of amides is 3. The van der Waals surface area contributed by atoms with Gasteiger partial charge in [-0.2, -0.15) is 0 Å². The molecule has 0 aliphatic carbocycles. The lowest BCUT2D eigenvalue weighted by Crippen LogP contribution is -2.53. The maximum Gasteiger partial charge on any atom is 0.251 e. The van der Waals surface area contributed by atoms with E-state index in [1.54, 1.807) is 24.0 Å². The molecule has 0 aromatic heterocycles. The molecule has 6 nitrogen and oxygen atoms in total. The van der Waals surface area contributed by atoms with Gasteiger partial charge in [0.15, 0.2) is 0 Å². The molecular formula is C16H19N3O3. The third-order valence-corrected chi connectivity index (χ3v) is 4.34. The van der Waals surface area contributed by atoms with E-state index in [0.717, 1.165) is 0 Å². The Kier molecular flexibility index (Phi) is 3.94.